The molecule has 1 saturated heterocycles. The standard InChI is InChI=1S/C12H17N3O5S/c16-8-5-10-9-14(7-6-13-10)21(19,20)12-4-2-1-3-11(12)15(17)18/h1-4,10,13,16H,5-9H2. The van der Waals surface area contributed by atoms with E-state index in [1.807, 2.05) is 0 Å². The zero-order valence-electron chi connectivity index (χ0n) is 11.3. The van der Waals surface area contributed by atoms with Gasteiger partial charge in [-0.05, 0) is 12.5 Å². The molecule has 1 heterocycles. The molecule has 0 aromatic heterocycles. The summed E-state index contributed by atoms with van der Waals surface area (Å²) in [4.78, 5) is 10.0. The predicted molar refractivity (Wildman–Crippen MR) is 75.3 cm³/mol. The maximum absolute atomic E-state index is 12.6. The van der Waals surface area contributed by atoms with Crippen LogP contribution in [0.4, 0.5) is 5.69 Å². The number of nitrogens with one attached hydrogen (secondary N) is 1. The van der Waals surface area contributed by atoms with Crippen LogP contribution in [0.1, 0.15) is 6.42 Å². The van der Waals surface area contributed by atoms with Crippen LogP contribution in [0.25, 0.3) is 0 Å². The molecule has 1 aromatic rings. The van der Waals surface area contributed by atoms with Crippen LogP contribution in [-0.2, 0) is 10.0 Å². The van der Waals surface area contributed by atoms with Gasteiger partial charge < -0.3 is 10.4 Å². The highest BCUT2D eigenvalue weighted by atomic mass is 32.2. The number of para-hydroxylation sites is 1. The number of sulfonamides is 1. The average molecular weight is 315 g/mol. The topological polar surface area (TPSA) is 113 Å². The van der Waals surface area contributed by atoms with Gasteiger partial charge in [0.05, 0.1) is 4.92 Å². The van der Waals surface area contributed by atoms with Crippen LogP contribution >= 0.6 is 0 Å². The van der Waals surface area contributed by atoms with Crippen molar-refractivity contribution in [2.45, 2.75) is 17.4 Å². The Kier molecular flexibility index (Phi) is 4.88. The Labute approximate surface area is 122 Å². The summed E-state index contributed by atoms with van der Waals surface area (Å²) >= 11 is 0. The molecule has 116 valence electrons. The van der Waals surface area contributed by atoms with Gasteiger partial charge in [0.15, 0.2) is 4.90 Å². The molecule has 21 heavy (non-hydrogen) atoms. The second kappa shape index (κ2) is 6.48. The number of aliphatic hydroxyl groups excluding tert-OH is 1. The molecule has 1 aromatic carbocycles. The lowest BCUT2D eigenvalue weighted by Gasteiger charge is -2.32. The molecule has 0 bridgehead atoms. The Morgan fingerprint density at radius 3 is 2.81 bits per heavy atom. The van der Waals surface area contributed by atoms with E-state index in [9.17, 15) is 18.5 Å². The summed E-state index contributed by atoms with van der Waals surface area (Å²) < 4.78 is 26.4. The number of nitro groups is 1. The first-order valence-corrected chi connectivity index (χ1v) is 7.98. The molecule has 1 aliphatic rings. The lowest BCUT2D eigenvalue weighted by Crippen LogP contribution is -2.52. The molecule has 9 heteroatoms. The summed E-state index contributed by atoms with van der Waals surface area (Å²) in [6.45, 7) is 0.840. The molecule has 0 aliphatic carbocycles. The molecule has 1 atom stereocenters. The number of hydrogen-bond donors (Lipinski definition) is 2. The van der Waals surface area contributed by atoms with E-state index in [1.54, 1.807) is 0 Å². The van der Waals surface area contributed by atoms with Crippen molar-refractivity contribution in [3.63, 3.8) is 0 Å². The van der Waals surface area contributed by atoms with E-state index < -0.39 is 20.6 Å². The Morgan fingerprint density at radius 1 is 1.43 bits per heavy atom. The fourth-order valence-electron chi connectivity index (χ4n) is 2.33. The zero-order valence-corrected chi connectivity index (χ0v) is 12.1. The van der Waals surface area contributed by atoms with Crippen LogP contribution in [0, 0.1) is 10.1 Å². The van der Waals surface area contributed by atoms with Crippen molar-refractivity contribution in [3.8, 4) is 0 Å². The number of piperazine rings is 1. The number of nitro benzene ring substituents is 1. The van der Waals surface area contributed by atoms with E-state index in [0.29, 0.717) is 13.0 Å². The zero-order chi connectivity index (χ0) is 15.5. The van der Waals surface area contributed by atoms with Gasteiger partial charge in [-0.15, -0.1) is 0 Å². The molecule has 2 N–H and O–H groups in total. The first-order chi connectivity index (χ1) is 9.96. The van der Waals surface area contributed by atoms with Gasteiger partial charge in [-0.25, -0.2) is 8.42 Å². The van der Waals surface area contributed by atoms with E-state index in [1.165, 1.54) is 28.6 Å². The molecular formula is C12H17N3O5S. The quantitative estimate of drug-likeness (QED) is 0.581. The van der Waals surface area contributed by atoms with Crippen LogP contribution < -0.4 is 5.32 Å². The van der Waals surface area contributed by atoms with Crippen molar-refractivity contribution in [2.75, 3.05) is 26.2 Å². The molecule has 1 aliphatic heterocycles. The van der Waals surface area contributed by atoms with Crippen LogP contribution in [0.3, 0.4) is 0 Å². The van der Waals surface area contributed by atoms with Crippen molar-refractivity contribution in [3.05, 3.63) is 34.4 Å². The van der Waals surface area contributed by atoms with E-state index >= 15 is 0 Å². The van der Waals surface area contributed by atoms with E-state index in [0.717, 1.165) is 0 Å². The molecule has 1 unspecified atom stereocenters. The minimum Gasteiger partial charge on any atom is -0.396 e. The maximum Gasteiger partial charge on any atom is 0.289 e. The van der Waals surface area contributed by atoms with Gasteiger partial charge in [-0.1, -0.05) is 12.1 Å². The van der Waals surface area contributed by atoms with E-state index in [2.05, 4.69) is 5.32 Å². The summed E-state index contributed by atoms with van der Waals surface area (Å²) in [7, 11) is -3.92. The molecule has 0 spiro atoms. The number of aliphatic hydroxyl groups is 1. The van der Waals surface area contributed by atoms with Crippen molar-refractivity contribution in [2.24, 2.45) is 0 Å². The minimum absolute atomic E-state index is 0.0446. The second-order valence-electron chi connectivity index (χ2n) is 4.75. The van der Waals surface area contributed by atoms with Crippen molar-refractivity contribution in [1.29, 1.82) is 0 Å². The van der Waals surface area contributed by atoms with Crippen molar-refractivity contribution in [1.82, 2.24) is 9.62 Å². The first kappa shape index (κ1) is 15.8. The molecule has 0 amide bonds. The fourth-order valence-corrected chi connectivity index (χ4v) is 3.97. The maximum atomic E-state index is 12.6. The van der Waals surface area contributed by atoms with Crippen LogP contribution in [0.5, 0.6) is 0 Å². The smallest absolute Gasteiger partial charge is 0.289 e. The fraction of sp³-hybridized carbons (Fsp3) is 0.500. The van der Waals surface area contributed by atoms with Gasteiger partial charge in [0.1, 0.15) is 0 Å². The third kappa shape index (κ3) is 3.38. The third-order valence-corrected chi connectivity index (χ3v) is 5.29. The Balaban J connectivity index is 2.32. The van der Waals surface area contributed by atoms with Crippen LogP contribution in [0.15, 0.2) is 29.2 Å². The molecule has 2 rings (SSSR count). The first-order valence-electron chi connectivity index (χ1n) is 6.54. The SMILES string of the molecule is O=[N+]([O-])c1ccccc1S(=O)(=O)N1CCNC(CCO)C1. The average Bonchev–Trinajstić information content (AvgIpc) is 2.48. The van der Waals surface area contributed by atoms with Gasteiger partial charge >= 0.3 is 0 Å². The molecule has 1 fully saturated rings. The summed E-state index contributed by atoms with van der Waals surface area (Å²) in [5.41, 5.74) is -0.422. The normalized spacial score (nSPS) is 20.3. The number of hydrogen-bond acceptors (Lipinski definition) is 6. The van der Waals surface area contributed by atoms with E-state index in [4.69, 9.17) is 5.11 Å². The van der Waals surface area contributed by atoms with Gasteiger partial charge in [0, 0.05) is 38.3 Å². The van der Waals surface area contributed by atoms with Crippen molar-refractivity contribution >= 4 is 15.7 Å². The molecule has 0 radical (unpaired) electrons. The Bertz CT molecular complexity index is 617. The lowest BCUT2D eigenvalue weighted by atomic mass is 10.2. The summed E-state index contributed by atoms with van der Waals surface area (Å²) in [6, 6.07) is 5.18. The monoisotopic (exact) mass is 315 g/mol. The highest BCUT2D eigenvalue weighted by molar-refractivity contribution is 7.89. The van der Waals surface area contributed by atoms with Gasteiger partial charge in [-0.2, -0.15) is 4.31 Å². The lowest BCUT2D eigenvalue weighted by molar-refractivity contribution is -0.387. The summed E-state index contributed by atoms with van der Waals surface area (Å²) in [5, 5.41) is 23.1. The number of benzene rings is 1. The molecular weight excluding hydrogens is 298 g/mol. The number of nitrogens with zero attached hydrogens (tertiary/aromatic N) is 2. The molecule has 0 saturated carbocycles. The third-order valence-electron chi connectivity index (χ3n) is 3.38. The van der Waals surface area contributed by atoms with Gasteiger partial charge in [0.25, 0.3) is 5.69 Å². The number of rotatable bonds is 5. The van der Waals surface area contributed by atoms with Crippen LogP contribution in [0.2, 0.25) is 0 Å². The highest BCUT2D eigenvalue weighted by Gasteiger charge is 2.34. The summed E-state index contributed by atoms with van der Waals surface area (Å²) in [6.07, 6.45) is 0.433. The predicted octanol–water partition coefficient (Wildman–Crippen LogP) is -0.0603. The summed E-state index contributed by atoms with van der Waals surface area (Å²) in [5.74, 6) is 0. The van der Waals surface area contributed by atoms with Crippen LogP contribution in [-0.4, -0.2) is 55.0 Å². The van der Waals surface area contributed by atoms with Gasteiger partial charge in [0.2, 0.25) is 10.0 Å². The Hall–Kier alpha value is -1.55. The highest BCUT2D eigenvalue weighted by Crippen LogP contribution is 2.26. The van der Waals surface area contributed by atoms with Gasteiger partial charge in [-0.3, -0.25) is 10.1 Å². The minimum atomic E-state index is -3.92. The Morgan fingerprint density at radius 2 is 2.14 bits per heavy atom. The molecule has 8 nitrogen and oxygen atoms in total. The second-order valence-corrected chi connectivity index (χ2v) is 6.66. The largest absolute Gasteiger partial charge is 0.396 e. The van der Waals surface area contributed by atoms with Crippen molar-refractivity contribution < 1.29 is 18.4 Å². The van der Waals surface area contributed by atoms with E-state index in [-0.39, 0.29) is 30.6 Å².